The van der Waals surface area contributed by atoms with Crippen LogP contribution in [0.1, 0.15) is 47.8 Å². The van der Waals surface area contributed by atoms with E-state index in [1.807, 2.05) is 11.4 Å². The van der Waals surface area contributed by atoms with Gasteiger partial charge in [-0.15, -0.1) is 23.7 Å². The topological polar surface area (TPSA) is 55.1 Å². The van der Waals surface area contributed by atoms with Crippen molar-refractivity contribution in [3.63, 3.8) is 0 Å². The van der Waals surface area contributed by atoms with Crippen LogP contribution in [-0.2, 0) is 6.42 Å². The Hall–Kier alpha value is -0.580. The normalized spacial score (nSPS) is 23.2. The van der Waals surface area contributed by atoms with E-state index in [2.05, 4.69) is 12.2 Å². The zero-order chi connectivity index (χ0) is 12.3. The molecule has 0 radical (unpaired) electrons. The predicted octanol–water partition coefficient (Wildman–Crippen LogP) is 2.73. The monoisotopic (exact) mass is 288 g/mol. The van der Waals surface area contributed by atoms with Gasteiger partial charge in [0.2, 0.25) is 0 Å². The van der Waals surface area contributed by atoms with Gasteiger partial charge in [0.1, 0.15) is 0 Å². The average Bonchev–Trinajstić information content (AvgIpc) is 2.80. The zero-order valence-corrected chi connectivity index (χ0v) is 12.3. The second-order valence-corrected chi connectivity index (χ2v) is 5.63. The van der Waals surface area contributed by atoms with Crippen LogP contribution in [0.5, 0.6) is 0 Å². The number of hydrogen-bond donors (Lipinski definition) is 2. The highest BCUT2D eigenvalue weighted by Crippen LogP contribution is 2.20. The minimum atomic E-state index is 0. The molecule has 3 N–H and O–H groups in total. The molecule has 1 aromatic heterocycles. The molecule has 3 nitrogen and oxygen atoms in total. The summed E-state index contributed by atoms with van der Waals surface area (Å²) in [5.41, 5.74) is 7.01. The van der Waals surface area contributed by atoms with Gasteiger partial charge in [0.25, 0.3) is 5.91 Å². The molecule has 0 bridgehead atoms. The first kappa shape index (κ1) is 15.5. The fourth-order valence-corrected chi connectivity index (χ4v) is 3.23. The molecule has 1 heterocycles. The number of nitrogens with one attached hydrogen (secondary N) is 1. The van der Waals surface area contributed by atoms with Gasteiger partial charge in [-0.3, -0.25) is 4.79 Å². The molecule has 0 aromatic carbocycles. The summed E-state index contributed by atoms with van der Waals surface area (Å²) in [6.45, 7) is 2.08. The molecule has 102 valence electrons. The van der Waals surface area contributed by atoms with E-state index in [1.54, 1.807) is 0 Å². The smallest absolute Gasteiger partial charge is 0.261 e. The fourth-order valence-electron chi connectivity index (χ4n) is 2.33. The minimum absolute atomic E-state index is 0. The Kier molecular flexibility index (Phi) is 6.12. The van der Waals surface area contributed by atoms with Crippen molar-refractivity contribution in [2.75, 3.05) is 0 Å². The summed E-state index contributed by atoms with van der Waals surface area (Å²) in [5.74, 6) is 0.0947. The number of carbonyl (C=O) groups is 1. The summed E-state index contributed by atoms with van der Waals surface area (Å²) >= 11 is 1.53. The van der Waals surface area contributed by atoms with E-state index in [4.69, 9.17) is 5.73 Å². The first-order valence-electron chi connectivity index (χ1n) is 6.33. The highest BCUT2D eigenvalue weighted by Gasteiger charge is 2.21. The lowest BCUT2D eigenvalue weighted by Gasteiger charge is -2.26. The highest BCUT2D eigenvalue weighted by molar-refractivity contribution is 7.12. The molecular weight excluding hydrogens is 268 g/mol. The van der Waals surface area contributed by atoms with Crippen molar-refractivity contribution in [1.82, 2.24) is 5.32 Å². The Balaban J connectivity index is 0.00000162. The van der Waals surface area contributed by atoms with Gasteiger partial charge in [-0.2, -0.15) is 0 Å². The van der Waals surface area contributed by atoms with E-state index >= 15 is 0 Å². The fraction of sp³-hybridized carbons (Fsp3) is 0.615. The maximum Gasteiger partial charge on any atom is 0.261 e. The molecule has 5 heteroatoms. The van der Waals surface area contributed by atoms with Crippen LogP contribution in [0.25, 0.3) is 0 Å². The summed E-state index contributed by atoms with van der Waals surface area (Å²) < 4.78 is 0. The molecule has 2 rings (SSSR count). The van der Waals surface area contributed by atoms with Crippen molar-refractivity contribution >= 4 is 29.7 Å². The Morgan fingerprint density at radius 3 is 2.72 bits per heavy atom. The van der Waals surface area contributed by atoms with Crippen LogP contribution in [0.4, 0.5) is 0 Å². The number of aryl methyl sites for hydroxylation is 1. The lowest BCUT2D eigenvalue weighted by molar-refractivity contribution is 0.0929. The van der Waals surface area contributed by atoms with Gasteiger partial charge in [0, 0.05) is 12.1 Å². The van der Waals surface area contributed by atoms with E-state index in [0.29, 0.717) is 12.1 Å². The molecule has 0 spiro atoms. The summed E-state index contributed by atoms with van der Waals surface area (Å²) in [4.78, 5) is 13.0. The number of carbonyl (C=O) groups excluding carboxylic acids is 1. The first-order chi connectivity index (χ1) is 8.20. The quantitative estimate of drug-likeness (QED) is 0.898. The van der Waals surface area contributed by atoms with Crippen LogP contribution in [0.15, 0.2) is 11.4 Å². The van der Waals surface area contributed by atoms with Crippen LogP contribution in [0.2, 0.25) is 0 Å². The molecule has 0 unspecified atom stereocenters. The van der Waals surface area contributed by atoms with E-state index < -0.39 is 0 Å². The van der Waals surface area contributed by atoms with Crippen LogP contribution < -0.4 is 11.1 Å². The molecule has 1 saturated carbocycles. The number of thiophene rings is 1. The van der Waals surface area contributed by atoms with Gasteiger partial charge in [-0.25, -0.2) is 0 Å². The molecule has 1 aliphatic rings. The molecule has 1 aliphatic carbocycles. The van der Waals surface area contributed by atoms with Gasteiger partial charge in [0.05, 0.1) is 4.88 Å². The minimum Gasteiger partial charge on any atom is -0.349 e. The van der Waals surface area contributed by atoms with Crippen LogP contribution in [0.3, 0.4) is 0 Å². The van der Waals surface area contributed by atoms with Gasteiger partial charge in [-0.05, 0) is 49.1 Å². The summed E-state index contributed by atoms with van der Waals surface area (Å²) in [7, 11) is 0. The van der Waals surface area contributed by atoms with E-state index in [0.717, 1.165) is 42.5 Å². The average molecular weight is 289 g/mol. The number of amides is 1. The standard InChI is InChI=1S/C13H20N2OS.ClH/c1-2-9-7-8-17-12(9)13(16)15-11-5-3-10(14)4-6-11;/h7-8,10-11H,2-6,14H2,1H3,(H,15,16);1H. The van der Waals surface area contributed by atoms with Gasteiger partial charge in [-0.1, -0.05) is 6.92 Å². The molecular formula is C13H21ClN2OS. The van der Waals surface area contributed by atoms with Crippen molar-refractivity contribution in [3.05, 3.63) is 21.9 Å². The van der Waals surface area contributed by atoms with Crippen molar-refractivity contribution in [3.8, 4) is 0 Å². The number of hydrogen-bond acceptors (Lipinski definition) is 3. The van der Waals surface area contributed by atoms with E-state index in [-0.39, 0.29) is 18.3 Å². The molecule has 18 heavy (non-hydrogen) atoms. The van der Waals surface area contributed by atoms with Crippen LogP contribution >= 0.6 is 23.7 Å². The SMILES string of the molecule is CCc1ccsc1C(=O)NC1CCC(N)CC1.Cl. The molecule has 1 fully saturated rings. The second kappa shape index (κ2) is 7.12. The maximum atomic E-state index is 12.1. The predicted molar refractivity (Wildman–Crippen MR) is 78.6 cm³/mol. The van der Waals surface area contributed by atoms with Crippen molar-refractivity contribution < 1.29 is 4.79 Å². The largest absolute Gasteiger partial charge is 0.349 e. The Morgan fingerprint density at radius 2 is 2.11 bits per heavy atom. The third kappa shape index (κ3) is 3.70. The summed E-state index contributed by atoms with van der Waals surface area (Å²) in [5, 5.41) is 5.12. The third-order valence-electron chi connectivity index (χ3n) is 3.44. The summed E-state index contributed by atoms with van der Waals surface area (Å²) in [6, 6.07) is 2.68. The van der Waals surface area contributed by atoms with Crippen LogP contribution in [0, 0.1) is 0 Å². The second-order valence-electron chi connectivity index (χ2n) is 4.71. The maximum absolute atomic E-state index is 12.1. The Morgan fingerprint density at radius 1 is 1.44 bits per heavy atom. The number of halogens is 1. The van der Waals surface area contributed by atoms with Gasteiger partial charge >= 0.3 is 0 Å². The molecule has 1 aromatic rings. The highest BCUT2D eigenvalue weighted by atomic mass is 35.5. The molecule has 0 atom stereocenters. The Bertz CT molecular complexity index is 386. The number of rotatable bonds is 3. The van der Waals surface area contributed by atoms with Crippen molar-refractivity contribution in [1.29, 1.82) is 0 Å². The van der Waals surface area contributed by atoms with E-state index in [1.165, 1.54) is 11.3 Å². The molecule has 1 amide bonds. The van der Waals surface area contributed by atoms with Crippen molar-refractivity contribution in [2.24, 2.45) is 5.73 Å². The van der Waals surface area contributed by atoms with Crippen LogP contribution in [-0.4, -0.2) is 18.0 Å². The molecule has 0 saturated heterocycles. The van der Waals surface area contributed by atoms with Gasteiger partial charge in [0.15, 0.2) is 0 Å². The van der Waals surface area contributed by atoms with Crippen molar-refractivity contribution in [2.45, 2.75) is 51.1 Å². The zero-order valence-electron chi connectivity index (χ0n) is 10.6. The van der Waals surface area contributed by atoms with Gasteiger partial charge < -0.3 is 11.1 Å². The molecule has 0 aliphatic heterocycles. The first-order valence-corrected chi connectivity index (χ1v) is 7.21. The lowest BCUT2D eigenvalue weighted by atomic mass is 9.92. The van der Waals surface area contributed by atoms with E-state index in [9.17, 15) is 4.79 Å². The number of nitrogens with two attached hydrogens (primary N) is 1. The summed E-state index contributed by atoms with van der Waals surface area (Å²) in [6.07, 6.45) is 4.99. The third-order valence-corrected chi connectivity index (χ3v) is 4.40. The Labute approximate surface area is 119 Å². The lowest BCUT2D eigenvalue weighted by Crippen LogP contribution is -2.40.